The summed E-state index contributed by atoms with van der Waals surface area (Å²) in [6.07, 6.45) is -0.454. The van der Waals surface area contributed by atoms with Crippen molar-refractivity contribution < 1.29 is 23.9 Å². The predicted molar refractivity (Wildman–Crippen MR) is 70.6 cm³/mol. The van der Waals surface area contributed by atoms with Gasteiger partial charge in [-0.15, -0.1) is 11.8 Å². The predicted octanol–water partition coefficient (Wildman–Crippen LogP) is 1.20. The first-order valence-corrected chi connectivity index (χ1v) is 7.06. The second-order valence-corrected chi connectivity index (χ2v) is 5.42. The Hall–Kier alpha value is -2.02. The summed E-state index contributed by atoms with van der Waals surface area (Å²) in [5.74, 6) is -0.848. The van der Waals surface area contributed by atoms with Crippen LogP contribution in [-0.2, 0) is 19.1 Å². The van der Waals surface area contributed by atoms with Crippen molar-refractivity contribution in [3.63, 3.8) is 0 Å². The number of nitrogens with one attached hydrogen (secondary N) is 1. The van der Waals surface area contributed by atoms with E-state index < -0.39 is 18.0 Å². The molecule has 2 heterocycles. The van der Waals surface area contributed by atoms with Gasteiger partial charge in [-0.3, -0.25) is 4.79 Å². The van der Waals surface area contributed by atoms with E-state index >= 15 is 0 Å². The summed E-state index contributed by atoms with van der Waals surface area (Å²) in [4.78, 5) is 35.4. The molecule has 0 aromatic heterocycles. The average molecular weight is 293 g/mol. The number of fused-ring (bicyclic) bond motifs is 1. The van der Waals surface area contributed by atoms with E-state index in [1.165, 1.54) is 11.8 Å². The second-order valence-electron chi connectivity index (χ2n) is 4.40. The minimum atomic E-state index is -0.831. The number of hydrogen-bond acceptors (Lipinski definition) is 6. The standard InChI is InChI=1S/C13H11NO5S/c15-11-6-20-10-2-1-7(5-8(10)14-11)12(16)19-9-3-4-18-13(9)17/h1-2,5,9H,3-4,6H2,(H,14,15)/t9-/m1/s1. The maximum Gasteiger partial charge on any atom is 0.347 e. The van der Waals surface area contributed by atoms with Crippen molar-refractivity contribution in [1.82, 2.24) is 0 Å². The van der Waals surface area contributed by atoms with Crippen LogP contribution in [0.25, 0.3) is 0 Å². The number of anilines is 1. The lowest BCUT2D eigenvalue weighted by molar-refractivity contribution is -0.145. The van der Waals surface area contributed by atoms with Crippen molar-refractivity contribution in [3.05, 3.63) is 23.8 Å². The van der Waals surface area contributed by atoms with Crippen LogP contribution in [0.2, 0.25) is 0 Å². The van der Waals surface area contributed by atoms with Crippen molar-refractivity contribution >= 4 is 35.3 Å². The Morgan fingerprint density at radius 3 is 3.00 bits per heavy atom. The molecule has 1 fully saturated rings. The number of rotatable bonds is 2. The van der Waals surface area contributed by atoms with Crippen LogP contribution in [0, 0.1) is 0 Å². The van der Waals surface area contributed by atoms with E-state index in [0.717, 1.165) is 4.90 Å². The molecule has 3 rings (SSSR count). The van der Waals surface area contributed by atoms with E-state index in [4.69, 9.17) is 9.47 Å². The van der Waals surface area contributed by atoms with Crippen molar-refractivity contribution in [2.75, 3.05) is 17.7 Å². The van der Waals surface area contributed by atoms with E-state index in [9.17, 15) is 14.4 Å². The quantitative estimate of drug-likeness (QED) is 0.825. The highest BCUT2D eigenvalue weighted by Gasteiger charge is 2.30. The zero-order chi connectivity index (χ0) is 14.1. The van der Waals surface area contributed by atoms with Gasteiger partial charge in [0.15, 0.2) is 0 Å². The topological polar surface area (TPSA) is 81.7 Å². The Morgan fingerprint density at radius 2 is 2.25 bits per heavy atom. The SMILES string of the molecule is O=C1CSc2ccc(C(=O)O[C@@H]3CCOC3=O)cc2N1. The van der Waals surface area contributed by atoms with Gasteiger partial charge in [-0.25, -0.2) is 9.59 Å². The summed E-state index contributed by atoms with van der Waals surface area (Å²) < 4.78 is 9.82. The molecule has 7 heteroatoms. The molecule has 0 bridgehead atoms. The van der Waals surface area contributed by atoms with E-state index in [1.807, 2.05) is 0 Å². The number of benzene rings is 1. The van der Waals surface area contributed by atoms with Crippen molar-refractivity contribution in [1.29, 1.82) is 0 Å². The van der Waals surface area contributed by atoms with E-state index in [0.29, 0.717) is 23.4 Å². The number of thioether (sulfide) groups is 1. The largest absolute Gasteiger partial charge is 0.463 e. The third-order valence-electron chi connectivity index (χ3n) is 2.98. The van der Waals surface area contributed by atoms with Crippen LogP contribution in [0.1, 0.15) is 16.8 Å². The highest BCUT2D eigenvalue weighted by Crippen LogP contribution is 2.32. The van der Waals surface area contributed by atoms with Crippen LogP contribution in [-0.4, -0.2) is 36.3 Å². The molecule has 20 heavy (non-hydrogen) atoms. The minimum Gasteiger partial charge on any atom is -0.463 e. The van der Waals surface area contributed by atoms with Gasteiger partial charge in [0, 0.05) is 11.3 Å². The van der Waals surface area contributed by atoms with Gasteiger partial charge < -0.3 is 14.8 Å². The van der Waals surface area contributed by atoms with E-state index in [-0.39, 0.29) is 12.5 Å². The maximum atomic E-state index is 12.0. The number of carbonyl (C=O) groups excluding carboxylic acids is 3. The molecule has 104 valence electrons. The molecule has 2 aliphatic heterocycles. The highest BCUT2D eigenvalue weighted by molar-refractivity contribution is 8.00. The summed E-state index contributed by atoms with van der Waals surface area (Å²) in [6, 6.07) is 4.93. The molecule has 1 atom stereocenters. The van der Waals surface area contributed by atoms with Crippen LogP contribution in [0.3, 0.4) is 0 Å². The lowest BCUT2D eigenvalue weighted by Crippen LogP contribution is -2.23. The fraction of sp³-hybridized carbons (Fsp3) is 0.308. The molecule has 1 N–H and O–H groups in total. The van der Waals surface area contributed by atoms with Crippen LogP contribution in [0.5, 0.6) is 0 Å². The molecule has 0 aliphatic carbocycles. The molecule has 2 aliphatic rings. The van der Waals surface area contributed by atoms with Gasteiger partial charge in [-0.1, -0.05) is 0 Å². The van der Waals surface area contributed by atoms with E-state index in [1.54, 1.807) is 18.2 Å². The Bertz CT molecular complexity index is 600. The monoisotopic (exact) mass is 293 g/mol. The van der Waals surface area contributed by atoms with Crippen LogP contribution < -0.4 is 5.32 Å². The number of esters is 2. The number of ether oxygens (including phenoxy) is 2. The summed E-state index contributed by atoms with van der Waals surface area (Å²) in [5.41, 5.74) is 0.890. The number of carbonyl (C=O) groups is 3. The summed E-state index contributed by atoms with van der Waals surface area (Å²) in [6.45, 7) is 0.271. The molecular formula is C13H11NO5S. The average Bonchev–Trinajstić information content (AvgIpc) is 2.83. The van der Waals surface area contributed by atoms with Gasteiger partial charge >= 0.3 is 11.9 Å². The molecule has 0 saturated carbocycles. The van der Waals surface area contributed by atoms with Gasteiger partial charge in [-0.2, -0.15) is 0 Å². The summed E-state index contributed by atoms with van der Waals surface area (Å²) >= 11 is 1.41. The maximum absolute atomic E-state index is 12.0. The van der Waals surface area contributed by atoms with Gasteiger partial charge in [0.05, 0.1) is 23.6 Å². The van der Waals surface area contributed by atoms with Gasteiger partial charge in [0.1, 0.15) is 0 Å². The van der Waals surface area contributed by atoms with Gasteiger partial charge in [-0.05, 0) is 18.2 Å². The first kappa shape index (κ1) is 13.0. The molecule has 0 spiro atoms. The fourth-order valence-electron chi connectivity index (χ4n) is 1.99. The fourth-order valence-corrected chi connectivity index (χ4v) is 2.78. The van der Waals surface area contributed by atoms with Gasteiger partial charge in [0.2, 0.25) is 12.0 Å². The van der Waals surface area contributed by atoms with Crippen LogP contribution in [0.4, 0.5) is 5.69 Å². The number of amides is 1. The summed E-state index contributed by atoms with van der Waals surface area (Å²) in [7, 11) is 0. The first-order chi connectivity index (χ1) is 9.63. The Labute approximate surface area is 118 Å². The molecule has 0 radical (unpaired) electrons. The smallest absolute Gasteiger partial charge is 0.347 e. The zero-order valence-electron chi connectivity index (χ0n) is 10.4. The Morgan fingerprint density at radius 1 is 1.40 bits per heavy atom. The van der Waals surface area contributed by atoms with E-state index in [2.05, 4.69) is 5.32 Å². The molecule has 1 amide bonds. The van der Waals surface area contributed by atoms with Crippen molar-refractivity contribution in [2.45, 2.75) is 17.4 Å². The number of cyclic esters (lactones) is 1. The summed E-state index contributed by atoms with van der Waals surface area (Å²) in [5, 5.41) is 2.70. The first-order valence-electron chi connectivity index (χ1n) is 6.08. The third-order valence-corrected chi connectivity index (χ3v) is 4.06. The molecule has 1 aromatic rings. The minimum absolute atomic E-state index is 0.104. The zero-order valence-corrected chi connectivity index (χ0v) is 11.2. The van der Waals surface area contributed by atoms with Crippen molar-refractivity contribution in [2.24, 2.45) is 0 Å². The molecule has 1 aromatic carbocycles. The molecule has 0 unspecified atom stereocenters. The lowest BCUT2D eigenvalue weighted by atomic mass is 10.2. The number of hydrogen-bond donors (Lipinski definition) is 1. The van der Waals surface area contributed by atoms with Gasteiger partial charge in [0.25, 0.3) is 0 Å². The van der Waals surface area contributed by atoms with Crippen molar-refractivity contribution in [3.8, 4) is 0 Å². The molecular weight excluding hydrogens is 282 g/mol. The second kappa shape index (κ2) is 5.16. The molecule has 6 nitrogen and oxygen atoms in total. The lowest BCUT2D eigenvalue weighted by Gasteiger charge is -2.17. The van der Waals surface area contributed by atoms with Crippen LogP contribution >= 0.6 is 11.8 Å². The Balaban J connectivity index is 1.76. The normalized spacial score (nSPS) is 20.9. The molecule has 1 saturated heterocycles. The third kappa shape index (κ3) is 2.49. The Kier molecular flexibility index (Phi) is 3.35. The highest BCUT2D eigenvalue weighted by atomic mass is 32.2. The van der Waals surface area contributed by atoms with Crippen LogP contribution in [0.15, 0.2) is 23.1 Å².